The van der Waals surface area contributed by atoms with Gasteiger partial charge in [0.25, 0.3) is 0 Å². The first-order valence-electron chi connectivity index (χ1n) is 6.03. The van der Waals surface area contributed by atoms with Crippen molar-refractivity contribution < 1.29 is 4.84 Å². The molecule has 1 saturated heterocycles. The van der Waals surface area contributed by atoms with Gasteiger partial charge in [0.2, 0.25) is 0 Å². The molecule has 0 unspecified atom stereocenters. The Balaban J connectivity index is 2.26. The molecule has 90 valence electrons. The molecule has 1 fully saturated rings. The summed E-state index contributed by atoms with van der Waals surface area (Å²) in [7, 11) is 0. The van der Waals surface area contributed by atoms with Crippen molar-refractivity contribution in [1.29, 1.82) is 0 Å². The molecular weight excluding hydrogens is 200 g/mol. The lowest BCUT2D eigenvalue weighted by atomic mass is 9.81. The van der Waals surface area contributed by atoms with Crippen LogP contribution in [0.2, 0.25) is 0 Å². The normalized spacial score (nSPS) is 27.9. The highest BCUT2D eigenvalue weighted by atomic mass is 16.7. The third kappa shape index (κ3) is 1.96. The van der Waals surface area contributed by atoms with Crippen molar-refractivity contribution in [3.05, 3.63) is 24.6 Å². The molecule has 16 heavy (non-hydrogen) atoms. The molecule has 0 aromatic carbocycles. The minimum atomic E-state index is 0.136. The zero-order chi connectivity index (χ0) is 11.8. The molecule has 0 saturated carbocycles. The first kappa shape index (κ1) is 11.5. The van der Waals surface area contributed by atoms with Gasteiger partial charge in [0.15, 0.2) is 0 Å². The van der Waals surface area contributed by atoms with E-state index in [4.69, 9.17) is 4.84 Å². The van der Waals surface area contributed by atoms with E-state index in [9.17, 15) is 0 Å². The second-order valence-electron chi connectivity index (χ2n) is 5.87. The van der Waals surface area contributed by atoms with Gasteiger partial charge in [-0.25, -0.2) is 0 Å². The van der Waals surface area contributed by atoms with Crippen LogP contribution < -0.4 is 0 Å². The molecule has 2 heterocycles. The summed E-state index contributed by atoms with van der Waals surface area (Å²) in [5.74, 6) is 0. The predicted molar refractivity (Wildman–Crippen MR) is 65.1 cm³/mol. The van der Waals surface area contributed by atoms with Crippen LogP contribution in [0.1, 0.15) is 47.0 Å². The fraction of sp³-hybridized carbons (Fsp3) is 0.692. The molecule has 0 aliphatic carbocycles. The number of piperidine rings is 1. The second kappa shape index (κ2) is 3.81. The summed E-state index contributed by atoms with van der Waals surface area (Å²) < 4.78 is 0. The Hall–Kier alpha value is -0.960. The van der Waals surface area contributed by atoms with Gasteiger partial charge in [-0.2, -0.15) is 5.01 Å². The van der Waals surface area contributed by atoms with Crippen LogP contribution in [-0.2, 0) is 4.84 Å². The van der Waals surface area contributed by atoms with E-state index < -0.39 is 0 Å². The first-order chi connectivity index (χ1) is 7.43. The van der Waals surface area contributed by atoms with Crippen LogP contribution in [0.15, 0.2) is 24.6 Å². The van der Waals surface area contributed by atoms with E-state index in [1.165, 1.54) is 19.3 Å². The maximum atomic E-state index is 5.58. The molecule has 0 N–H and O–H groups in total. The number of hydrogen-bond acceptors (Lipinski definition) is 3. The molecule has 3 nitrogen and oxygen atoms in total. The molecule has 0 radical (unpaired) electrons. The molecule has 0 aromatic rings. The molecular formula is C13H22N2O. The molecule has 2 aliphatic heterocycles. The van der Waals surface area contributed by atoms with Crippen molar-refractivity contribution in [3.63, 3.8) is 0 Å². The Kier molecular flexibility index (Phi) is 2.74. The number of hydrazine groups is 1. The second-order valence-corrected chi connectivity index (χ2v) is 5.87. The van der Waals surface area contributed by atoms with E-state index in [0.29, 0.717) is 0 Å². The lowest BCUT2D eigenvalue weighted by Crippen LogP contribution is -2.63. The van der Waals surface area contributed by atoms with Gasteiger partial charge in [-0.1, -0.05) is 0 Å². The van der Waals surface area contributed by atoms with Crippen LogP contribution in [0, 0.1) is 0 Å². The van der Waals surface area contributed by atoms with Crippen LogP contribution in [0.4, 0.5) is 0 Å². The van der Waals surface area contributed by atoms with Crippen molar-refractivity contribution in [1.82, 2.24) is 10.2 Å². The maximum Gasteiger partial charge on any atom is 0.121 e. The van der Waals surface area contributed by atoms with Crippen molar-refractivity contribution in [2.75, 3.05) is 0 Å². The topological polar surface area (TPSA) is 15.7 Å². The molecule has 0 aromatic heterocycles. The fourth-order valence-electron chi connectivity index (χ4n) is 2.93. The van der Waals surface area contributed by atoms with E-state index in [2.05, 4.69) is 32.7 Å². The third-order valence-electron chi connectivity index (χ3n) is 3.49. The average molecular weight is 222 g/mol. The van der Waals surface area contributed by atoms with Gasteiger partial charge in [0.1, 0.15) is 6.26 Å². The highest BCUT2D eigenvalue weighted by Gasteiger charge is 2.45. The van der Waals surface area contributed by atoms with E-state index in [0.717, 1.165) is 0 Å². The zero-order valence-electron chi connectivity index (χ0n) is 10.7. The molecule has 0 atom stereocenters. The average Bonchev–Trinajstić information content (AvgIpc) is 2.16. The largest absolute Gasteiger partial charge is 0.372 e. The van der Waals surface area contributed by atoms with Crippen molar-refractivity contribution in [2.24, 2.45) is 0 Å². The van der Waals surface area contributed by atoms with Crippen LogP contribution in [0.3, 0.4) is 0 Å². The summed E-state index contributed by atoms with van der Waals surface area (Å²) in [6.07, 6.45) is 11.3. The number of nitrogens with zero attached hydrogens (tertiary/aromatic N) is 2. The first-order valence-corrected chi connectivity index (χ1v) is 6.03. The SMILES string of the molecule is CC1(C)CCCC(C)(C)N1N1C=CC=CO1. The summed E-state index contributed by atoms with van der Waals surface area (Å²) in [5.41, 5.74) is 0.272. The molecule has 0 amide bonds. The van der Waals surface area contributed by atoms with Gasteiger partial charge < -0.3 is 4.84 Å². The van der Waals surface area contributed by atoms with Crippen LogP contribution in [-0.4, -0.2) is 21.3 Å². The monoisotopic (exact) mass is 222 g/mol. The van der Waals surface area contributed by atoms with Gasteiger partial charge in [0, 0.05) is 11.1 Å². The minimum Gasteiger partial charge on any atom is -0.372 e. The van der Waals surface area contributed by atoms with Crippen LogP contribution in [0.5, 0.6) is 0 Å². The van der Waals surface area contributed by atoms with E-state index >= 15 is 0 Å². The molecule has 2 aliphatic rings. The predicted octanol–water partition coefficient (Wildman–Crippen LogP) is 3.22. The fourth-order valence-corrected chi connectivity index (χ4v) is 2.93. The smallest absolute Gasteiger partial charge is 0.121 e. The summed E-state index contributed by atoms with van der Waals surface area (Å²) in [6, 6.07) is 0. The Labute approximate surface area is 98.3 Å². The summed E-state index contributed by atoms with van der Waals surface area (Å²) in [5, 5.41) is 4.22. The number of hydroxylamine groups is 1. The summed E-state index contributed by atoms with van der Waals surface area (Å²) in [6.45, 7) is 9.12. The number of allylic oxidation sites excluding steroid dienone is 2. The van der Waals surface area contributed by atoms with Crippen molar-refractivity contribution >= 4 is 0 Å². The minimum absolute atomic E-state index is 0.136. The highest BCUT2D eigenvalue weighted by Crippen LogP contribution is 2.39. The van der Waals surface area contributed by atoms with Gasteiger partial charge in [-0.05, 0) is 59.1 Å². The zero-order valence-corrected chi connectivity index (χ0v) is 10.7. The molecule has 2 rings (SSSR count). The Bertz CT molecular complexity index is 302. The Morgan fingerprint density at radius 2 is 1.62 bits per heavy atom. The molecule has 3 heteroatoms. The van der Waals surface area contributed by atoms with E-state index in [1.807, 2.05) is 23.5 Å². The van der Waals surface area contributed by atoms with Gasteiger partial charge in [0.05, 0.1) is 6.20 Å². The number of rotatable bonds is 1. The summed E-state index contributed by atoms with van der Waals surface area (Å²) >= 11 is 0. The van der Waals surface area contributed by atoms with E-state index in [-0.39, 0.29) is 11.1 Å². The van der Waals surface area contributed by atoms with Gasteiger partial charge in [-0.15, -0.1) is 5.17 Å². The third-order valence-corrected chi connectivity index (χ3v) is 3.49. The van der Waals surface area contributed by atoms with Crippen molar-refractivity contribution in [3.8, 4) is 0 Å². The lowest BCUT2D eigenvalue weighted by Gasteiger charge is -2.55. The van der Waals surface area contributed by atoms with Gasteiger partial charge in [-0.3, -0.25) is 0 Å². The standard InChI is InChI=1S/C13H22N2O/c1-12(2)8-7-9-13(3,4)15(12)14-10-5-6-11-16-14/h5-6,10-11H,7-9H2,1-4H3. The molecule has 0 bridgehead atoms. The van der Waals surface area contributed by atoms with Crippen LogP contribution >= 0.6 is 0 Å². The van der Waals surface area contributed by atoms with Gasteiger partial charge >= 0.3 is 0 Å². The lowest BCUT2D eigenvalue weighted by molar-refractivity contribution is -0.295. The number of hydrogen-bond donors (Lipinski definition) is 0. The Morgan fingerprint density at radius 1 is 1.00 bits per heavy atom. The quantitative estimate of drug-likeness (QED) is 0.677. The summed E-state index contributed by atoms with van der Waals surface area (Å²) in [4.78, 5) is 5.58. The van der Waals surface area contributed by atoms with Crippen LogP contribution in [0.25, 0.3) is 0 Å². The van der Waals surface area contributed by atoms with Crippen molar-refractivity contribution in [2.45, 2.75) is 58.0 Å². The Morgan fingerprint density at radius 3 is 2.12 bits per heavy atom. The maximum absolute atomic E-state index is 5.58. The molecule has 0 spiro atoms. The van der Waals surface area contributed by atoms with E-state index in [1.54, 1.807) is 6.26 Å². The highest BCUT2D eigenvalue weighted by molar-refractivity contribution is 5.04.